The third-order valence-corrected chi connectivity index (χ3v) is 7.14. The van der Waals surface area contributed by atoms with E-state index in [0.29, 0.717) is 24.7 Å². The topological polar surface area (TPSA) is 79.2 Å². The molecule has 5 nitrogen and oxygen atoms in total. The molecule has 5 rings (SSSR count). The molecule has 0 aromatic rings. The maximum Gasteiger partial charge on any atom is 0.310 e. The summed E-state index contributed by atoms with van der Waals surface area (Å²) in [5.41, 5.74) is -0.760. The van der Waals surface area contributed by atoms with Crippen LogP contribution in [0.5, 0.6) is 0 Å². The fourth-order valence-corrected chi connectivity index (χ4v) is 6.27. The van der Waals surface area contributed by atoms with Crippen LogP contribution in [-0.2, 0) is 14.3 Å². The standard InChI is InChI=1S/C20H28N2O3/c21-12-20(4-2-1-3-5-20)22-17(23)11-25-19(24)18-15-7-13-6-14(9-15)10-16(18)8-13/h13-16,18H,1-11H2,(H,22,23). The van der Waals surface area contributed by atoms with E-state index in [1.165, 1.54) is 6.42 Å². The van der Waals surface area contributed by atoms with Crippen molar-refractivity contribution >= 4 is 11.9 Å². The Morgan fingerprint density at radius 3 is 2.16 bits per heavy atom. The third-order valence-electron chi connectivity index (χ3n) is 7.14. The lowest BCUT2D eigenvalue weighted by atomic mass is 9.52. The van der Waals surface area contributed by atoms with E-state index < -0.39 is 5.54 Å². The maximum atomic E-state index is 12.6. The van der Waals surface area contributed by atoms with Crippen molar-refractivity contribution in [2.45, 2.75) is 69.7 Å². The first-order valence-electron chi connectivity index (χ1n) is 9.97. The molecule has 0 unspecified atom stereocenters. The molecule has 0 spiro atoms. The zero-order valence-corrected chi connectivity index (χ0v) is 14.8. The van der Waals surface area contributed by atoms with Crippen molar-refractivity contribution < 1.29 is 14.3 Å². The molecular formula is C20H28N2O3. The van der Waals surface area contributed by atoms with E-state index >= 15 is 0 Å². The molecule has 0 saturated heterocycles. The highest BCUT2D eigenvalue weighted by molar-refractivity contribution is 5.82. The van der Waals surface area contributed by atoms with Gasteiger partial charge < -0.3 is 10.1 Å². The number of amides is 1. The zero-order valence-electron chi connectivity index (χ0n) is 14.8. The largest absolute Gasteiger partial charge is 0.455 e. The summed E-state index contributed by atoms with van der Waals surface area (Å²) in [5, 5.41) is 12.3. The van der Waals surface area contributed by atoms with Gasteiger partial charge in [-0.05, 0) is 68.6 Å². The quantitative estimate of drug-likeness (QED) is 0.795. The summed E-state index contributed by atoms with van der Waals surface area (Å²) in [6.45, 7) is -0.245. The van der Waals surface area contributed by atoms with E-state index in [1.807, 2.05) is 0 Å². The van der Waals surface area contributed by atoms with Crippen LogP contribution >= 0.6 is 0 Å². The molecule has 0 aromatic carbocycles. The van der Waals surface area contributed by atoms with Crippen LogP contribution in [0.2, 0.25) is 0 Å². The molecule has 0 radical (unpaired) electrons. The molecule has 0 aromatic heterocycles. The smallest absolute Gasteiger partial charge is 0.310 e. The van der Waals surface area contributed by atoms with Crippen molar-refractivity contribution in [1.82, 2.24) is 5.32 Å². The number of ether oxygens (including phenoxy) is 1. The predicted octanol–water partition coefficient (Wildman–Crippen LogP) is 2.94. The average Bonchev–Trinajstić information content (AvgIpc) is 2.60. The summed E-state index contributed by atoms with van der Waals surface area (Å²) in [6, 6.07) is 2.27. The molecule has 5 saturated carbocycles. The summed E-state index contributed by atoms with van der Waals surface area (Å²) in [5.74, 6) is 2.05. The summed E-state index contributed by atoms with van der Waals surface area (Å²) >= 11 is 0. The van der Waals surface area contributed by atoms with E-state index in [1.54, 1.807) is 0 Å². The van der Waals surface area contributed by atoms with Crippen LogP contribution in [0.25, 0.3) is 0 Å². The Balaban J connectivity index is 1.30. The lowest BCUT2D eigenvalue weighted by Crippen LogP contribution is -2.51. The van der Waals surface area contributed by atoms with Crippen molar-refractivity contribution in [3.05, 3.63) is 0 Å². The van der Waals surface area contributed by atoms with Gasteiger partial charge in [0.25, 0.3) is 5.91 Å². The van der Waals surface area contributed by atoms with E-state index in [9.17, 15) is 14.9 Å². The Labute approximate surface area is 149 Å². The van der Waals surface area contributed by atoms with E-state index in [0.717, 1.165) is 56.8 Å². The van der Waals surface area contributed by atoms with E-state index in [2.05, 4.69) is 11.4 Å². The molecule has 0 atom stereocenters. The van der Waals surface area contributed by atoms with Gasteiger partial charge in [0, 0.05) is 0 Å². The normalized spacial score (nSPS) is 38.0. The molecule has 5 aliphatic carbocycles. The SMILES string of the molecule is N#CC1(NC(=O)COC(=O)C2C3CC4CC(C3)CC2C4)CCCCC1. The number of nitrogens with one attached hydrogen (secondary N) is 1. The molecular weight excluding hydrogens is 316 g/mol. The van der Waals surface area contributed by atoms with Crippen molar-refractivity contribution in [2.24, 2.45) is 29.6 Å². The van der Waals surface area contributed by atoms with Gasteiger partial charge in [0.15, 0.2) is 6.61 Å². The van der Waals surface area contributed by atoms with Crippen LogP contribution in [0.1, 0.15) is 64.2 Å². The minimum absolute atomic E-state index is 0.000192. The van der Waals surface area contributed by atoms with Crippen LogP contribution < -0.4 is 5.32 Å². The van der Waals surface area contributed by atoms with Gasteiger partial charge in [0.2, 0.25) is 0 Å². The van der Waals surface area contributed by atoms with Gasteiger partial charge in [-0.1, -0.05) is 19.3 Å². The Hall–Kier alpha value is -1.57. The summed E-state index contributed by atoms with van der Waals surface area (Å²) in [6.07, 6.45) is 10.4. The van der Waals surface area contributed by atoms with Gasteiger partial charge in [-0.2, -0.15) is 5.26 Å². The van der Waals surface area contributed by atoms with E-state index in [4.69, 9.17) is 4.74 Å². The van der Waals surface area contributed by atoms with Crippen LogP contribution in [0, 0.1) is 40.9 Å². The molecule has 1 amide bonds. The van der Waals surface area contributed by atoms with Crippen LogP contribution in [-0.4, -0.2) is 24.0 Å². The number of carbonyl (C=O) groups is 2. The van der Waals surface area contributed by atoms with Gasteiger partial charge in [-0.3, -0.25) is 9.59 Å². The first-order valence-corrected chi connectivity index (χ1v) is 9.97. The molecule has 5 fully saturated rings. The Morgan fingerprint density at radius 2 is 1.60 bits per heavy atom. The summed E-state index contributed by atoms with van der Waals surface area (Å²) in [7, 11) is 0. The highest BCUT2D eigenvalue weighted by atomic mass is 16.5. The minimum atomic E-state index is -0.760. The lowest BCUT2D eigenvalue weighted by Gasteiger charge is -2.53. The van der Waals surface area contributed by atoms with Crippen LogP contribution in [0.4, 0.5) is 0 Å². The van der Waals surface area contributed by atoms with Gasteiger partial charge >= 0.3 is 5.97 Å². The number of carbonyl (C=O) groups excluding carboxylic acids is 2. The number of nitriles is 1. The fraction of sp³-hybridized carbons (Fsp3) is 0.850. The maximum absolute atomic E-state index is 12.6. The average molecular weight is 344 g/mol. The Bertz CT molecular complexity index is 560. The Morgan fingerprint density at radius 1 is 1.00 bits per heavy atom. The molecule has 1 N–H and O–H groups in total. The van der Waals surface area contributed by atoms with Gasteiger partial charge in [0.05, 0.1) is 12.0 Å². The number of hydrogen-bond acceptors (Lipinski definition) is 4. The van der Waals surface area contributed by atoms with Gasteiger partial charge in [0.1, 0.15) is 5.54 Å². The van der Waals surface area contributed by atoms with Crippen LogP contribution in [0.15, 0.2) is 0 Å². The van der Waals surface area contributed by atoms with Gasteiger partial charge in [-0.15, -0.1) is 0 Å². The lowest BCUT2D eigenvalue weighted by molar-refractivity contribution is -0.165. The second-order valence-corrected chi connectivity index (χ2v) is 8.87. The number of hydrogen-bond donors (Lipinski definition) is 1. The molecule has 25 heavy (non-hydrogen) atoms. The second-order valence-electron chi connectivity index (χ2n) is 8.87. The summed E-state index contributed by atoms with van der Waals surface area (Å²) < 4.78 is 5.40. The predicted molar refractivity (Wildman–Crippen MR) is 91.1 cm³/mol. The molecule has 5 aliphatic rings. The van der Waals surface area contributed by atoms with Crippen molar-refractivity contribution in [3.8, 4) is 6.07 Å². The highest BCUT2D eigenvalue weighted by Gasteiger charge is 2.51. The summed E-state index contributed by atoms with van der Waals surface area (Å²) in [4.78, 5) is 24.8. The number of nitrogens with zero attached hydrogens (tertiary/aromatic N) is 1. The number of esters is 1. The third kappa shape index (κ3) is 3.28. The van der Waals surface area contributed by atoms with Crippen molar-refractivity contribution in [3.63, 3.8) is 0 Å². The fourth-order valence-electron chi connectivity index (χ4n) is 6.27. The minimum Gasteiger partial charge on any atom is -0.455 e. The van der Waals surface area contributed by atoms with Crippen molar-refractivity contribution in [1.29, 1.82) is 5.26 Å². The van der Waals surface area contributed by atoms with E-state index in [-0.39, 0.29) is 24.4 Å². The molecule has 0 aliphatic heterocycles. The first kappa shape index (κ1) is 16.9. The van der Waals surface area contributed by atoms with Crippen LogP contribution in [0.3, 0.4) is 0 Å². The second kappa shape index (κ2) is 6.63. The first-order chi connectivity index (χ1) is 12.1. The highest BCUT2D eigenvalue weighted by Crippen LogP contribution is 2.56. The monoisotopic (exact) mass is 344 g/mol. The Kier molecular flexibility index (Phi) is 4.47. The number of rotatable bonds is 4. The molecule has 0 heterocycles. The zero-order chi connectivity index (χ0) is 17.4. The molecule has 5 heteroatoms. The molecule has 136 valence electrons. The van der Waals surface area contributed by atoms with Crippen molar-refractivity contribution in [2.75, 3.05) is 6.61 Å². The van der Waals surface area contributed by atoms with Gasteiger partial charge in [-0.25, -0.2) is 0 Å². The molecule has 4 bridgehead atoms.